The molecule has 2 amide bonds. The maximum atomic E-state index is 12.7. The molecule has 1 aliphatic heterocycles. The van der Waals surface area contributed by atoms with Crippen molar-refractivity contribution in [3.05, 3.63) is 66.4 Å². The minimum Gasteiger partial charge on any atom is -0.495 e. The summed E-state index contributed by atoms with van der Waals surface area (Å²) in [4.78, 5) is 31.5. The molecule has 1 aliphatic rings. The molecule has 1 fully saturated rings. The van der Waals surface area contributed by atoms with Crippen LogP contribution in [0, 0.1) is 5.92 Å². The number of furan rings is 1. The molecule has 0 spiro atoms. The van der Waals surface area contributed by atoms with Gasteiger partial charge in [0.15, 0.2) is 10.8 Å². The van der Waals surface area contributed by atoms with Gasteiger partial charge in [-0.1, -0.05) is 24.3 Å². The molecule has 1 N–H and O–H groups in total. The zero-order chi connectivity index (χ0) is 22.1. The van der Waals surface area contributed by atoms with Gasteiger partial charge in [0, 0.05) is 13.0 Å². The van der Waals surface area contributed by atoms with E-state index in [9.17, 15) is 9.59 Å². The SMILES string of the molecule is COc1ccccc1N1CC(C(=O)NCc2ccc(-c3nc4ccccc4s3)o2)CC1=O. The lowest BCUT2D eigenvalue weighted by atomic mass is 10.1. The molecular formula is C24H21N3O4S. The molecule has 5 rings (SSSR count). The molecule has 1 unspecified atom stereocenters. The van der Waals surface area contributed by atoms with Crippen molar-refractivity contribution < 1.29 is 18.7 Å². The Morgan fingerprint density at radius 3 is 2.84 bits per heavy atom. The molecule has 162 valence electrons. The van der Waals surface area contributed by atoms with Crippen LogP contribution in [-0.2, 0) is 16.1 Å². The van der Waals surface area contributed by atoms with E-state index in [1.54, 1.807) is 29.4 Å². The summed E-state index contributed by atoms with van der Waals surface area (Å²) in [5.41, 5.74) is 1.62. The number of para-hydroxylation sites is 3. The monoisotopic (exact) mass is 447 g/mol. The van der Waals surface area contributed by atoms with Crippen LogP contribution in [-0.4, -0.2) is 30.5 Å². The van der Waals surface area contributed by atoms with Crippen LogP contribution in [0.1, 0.15) is 12.2 Å². The Kier molecular flexibility index (Phi) is 5.36. The van der Waals surface area contributed by atoms with Gasteiger partial charge in [0.05, 0.1) is 35.5 Å². The first kappa shape index (κ1) is 20.3. The van der Waals surface area contributed by atoms with E-state index in [1.165, 1.54) is 0 Å². The maximum Gasteiger partial charge on any atom is 0.227 e. The fraction of sp³-hybridized carbons (Fsp3) is 0.208. The molecule has 3 heterocycles. The molecule has 7 nitrogen and oxygen atoms in total. The first-order valence-corrected chi connectivity index (χ1v) is 11.1. The quantitative estimate of drug-likeness (QED) is 0.478. The molecule has 2 aromatic heterocycles. The second-order valence-corrected chi connectivity index (χ2v) is 8.58. The Morgan fingerprint density at radius 2 is 2.00 bits per heavy atom. The van der Waals surface area contributed by atoms with Crippen molar-refractivity contribution in [2.75, 3.05) is 18.6 Å². The van der Waals surface area contributed by atoms with E-state index in [4.69, 9.17) is 9.15 Å². The summed E-state index contributed by atoms with van der Waals surface area (Å²) in [5, 5.41) is 3.70. The highest BCUT2D eigenvalue weighted by Gasteiger charge is 2.36. The summed E-state index contributed by atoms with van der Waals surface area (Å²) in [7, 11) is 1.57. The summed E-state index contributed by atoms with van der Waals surface area (Å²) in [6, 6.07) is 18.9. The number of methoxy groups -OCH3 is 1. The van der Waals surface area contributed by atoms with Gasteiger partial charge in [-0.25, -0.2) is 4.98 Å². The van der Waals surface area contributed by atoms with Crippen LogP contribution < -0.4 is 15.0 Å². The van der Waals surface area contributed by atoms with E-state index in [0.717, 1.165) is 15.2 Å². The zero-order valence-corrected chi connectivity index (χ0v) is 18.2. The van der Waals surface area contributed by atoms with Gasteiger partial charge in [0.25, 0.3) is 0 Å². The van der Waals surface area contributed by atoms with E-state index < -0.39 is 5.92 Å². The zero-order valence-electron chi connectivity index (χ0n) is 17.4. The van der Waals surface area contributed by atoms with Gasteiger partial charge >= 0.3 is 0 Å². The topological polar surface area (TPSA) is 84.7 Å². The number of aromatic nitrogens is 1. The molecule has 0 bridgehead atoms. The van der Waals surface area contributed by atoms with E-state index in [2.05, 4.69) is 10.3 Å². The van der Waals surface area contributed by atoms with Gasteiger partial charge in [-0.15, -0.1) is 11.3 Å². The van der Waals surface area contributed by atoms with Gasteiger partial charge in [0.2, 0.25) is 11.8 Å². The smallest absolute Gasteiger partial charge is 0.227 e. The standard InChI is InChI=1S/C24H21N3O4S/c1-30-19-8-4-3-7-18(19)27-14-15(12-22(27)28)23(29)25-13-16-10-11-20(31-16)24-26-17-6-2-5-9-21(17)32-24/h2-11,15H,12-14H2,1H3,(H,25,29). The number of thiazole rings is 1. The average molecular weight is 448 g/mol. The Hall–Kier alpha value is -3.65. The number of carbonyl (C=O) groups excluding carboxylic acids is 2. The largest absolute Gasteiger partial charge is 0.495 e. The van der Waals surface area contributed by atoms with Crippen LogP contribution in [0.2, 0.25) is 0 Å². The Labute approximate surface area is 188 Å². The number of hydrogen-bond donors (Lipinski definition) is 1. The average Bonchev–Trinajstić information content (AvgIpc) is 3.55. The van der Waals surface area contributed by atoms with Crippen molar-refractivity contribution >= 4 is 39.1 Å². The van der Waals surface area contributed by atoms with Crippen LogP contribution >= 0.6 is 11.3 Å². The lowest BCUT2D eigenvalue weighted by Crippen LogP contribution is -2.32. The van der Waals surface area contributed by atoms with Crippen LogP contribution in [0.25, 0.3) is 21.0 Å². The lowest BCUT2D eigenvalue weighted by molar-refractivity contribution is -0.126. The van der Waals surface area contributed by atoms with Gasteiger partial charge in [-0.05, 0) is 36.4 Å². The van der Waals surface area contributed by atoms with Crippen LogP contribution in [0.5, 0.6) is 5.75 Å². The predicted octanol–water partition coefficient (Wildman–Crippen LogP) is 4.23. The number of nitrogens with zero attached hydrogens (tertiary/aromatic N) is 2. The fourth-order valence-electron chi connectivity index (χ4n) is 3.85. The Balaban J connectivity index is 1.22. The van der Waals surface area contributed by atoms with Crippen molar-refractivity contribution in [3.63, 3.8) is 0 Å². The first-order valence-electron chi connectivity index (χ1n) is 10.3. The molecule has 4 aromatic rings. The molecule has 0 saturated carbocycles. The number of hydrogen-bond acceptors (Lipinski definition) is 6. The number of benzene rings is 2. The van der Waals surface area contributed by atoms with E-state index in [0.29, 0.717) is 29.5 Å². The molecule has 0 radical (unpaired) electrons. The number of nitrogens with one attached hydrogen (secondary N) is 1. The number of carbonyl (C=O) groups is 2. The third-order valence-electron chi connectivity index (χ3n) is 5.47. The first-order chi connectivity index (χ1) is 15.6. The van der Waals surface area contributed by atoms with E-state index >= 15 is 0 Å². The van der Waals surface area contributed by atoms with Gasteiger partial charge in [-0.2, -0.15) is 0 Å². The Bertz CT molecular complexity index is 1260. The number of rotatable bonds is 6. The van der Waals surface area contributed by atoms with Crippen molar-refractivity contribution in [1.82, 2.24) is 10.3 Å². The van der Waals surface area contributed by atoms with Crippen molar-refractivity contribution in [1.29, 1.82) is 0 Å². The Morgan fingerprint density at radius 1 is 1.19 bits per heavy atom. The summed E-state index contributed by atoms with van der Waals surface area (Å²) < 4.78 is 12.3. The number of amides is 2. The molecule has 8 heteroatoms. The fourth-order valence-corrected chi connectivity index (χ4v) is 4.78. The van der Waals surface area contributed by atoms with Crippen LogP contribution in [0.3, 0.4) is 0 Å². The molecule has 32 heavy (non-hydrogen) atoms. The third kappa shape index (κ3) is 3.85. The summed E-state index contributed by atoms with van der Waals surface area (Å²) in [5.74, 6) is 1.23. The molecular weight excluding hydrogens is 426 g/mol. The molecule has 0 aliphatic carbocycles. The number of fused-ring (bicyclic) bond motifs is 1. The van der Waals surface area contributed by atoms with Gasteiger partial charge in [-0.3, -0.25) is 9.59 Å². The van der Waals surface area contributed by atoms with E-state index in [-0.39, 0.29) is 24.8 Å². The van der Waals surface area contributed by atoms with Crippen LogP contribution in [0.15, 0.2) is 65.1 Å². The maximum absolute atomic E-state index is 12.7. The molecule has 2 aromatic carbocycles. The highest BCUT2D eigenvalue weighted by Crippen LogP contribution is 2.33. The summed E-state index contributed by atoms with van der Waals surface area (Å²) in [6.07, 6.45) is 0.166. The van der Waals surface area contributed by atoms with Crippen LogP contribution in [0.4, 0.5) is 5.69 Å². The van der Waals surface area contributed by atoms with Crippen molar-refractivity contribution in [2.24, 2.45) is 5.92 Å². The highest BCUT2D eigenvalue weighted by molar-refractivity contribution is 7.21. The summed E-state index contributed by atoms with van der Waals surface area (Å²) >= 11 is 1.56. The highest BCUT2D eigenvalue weighted by atomic mass is 32.1. The van der Waals surface area contributed by atoms with Crippen molar-refractivity contribution in [2.45, 2.75) is 13.0 Å². The van der Waals surface area contributed by atoms with E-state index in [1.807, 2.05) is 54.6 Å². The number of anilines is 1. The second kappa shape index (κ2) is 8.47. The number of ether oxygens (including phenoxy) is 1. The summed E-state index contributed by atoms with van der Waals surface area (Å²) in [6.45, 7) is 0.573. The van der Waals surface area contributed by atoms with Gasteiger partial charge < -0.3 is 19.4 Å². The van der Waals surface area contributed by atoms with Gasteiger partial charge in [0.1, 0.15) is 11.5 Å². The normalized spacial score (nSPS) is 16.0. The van der Waals surface area contributed by atoms with Crippen molar-refractivity contribution in [3.8, 4) is 16.5 Å². The lowest BCUT2D eigenvalue weighted by Gasteiger charge is -2.19. The minimum absolute atomic E-state index is 0.0919. The molecule has 1 saturated heterocycles. The third-order valence-corrected chi connectivity index (χ3v) is 6.53. The second-order valence-electron chi connectivity index (χ2n) is 7.55. The minimum atomic E-state index is -0.425. The molecule has 1 atom stereocenters. The predicted molar refractivity (Wildman–Crippen MR) is 123 cm³/mol.